The monoisotopic (exact) mass is 362 g/mol. The minimum absolute atomic E-state index is 0.0434. The third-order valence-electron chi connectivity index (χ3n) is 4.06. The highest BCUT2D eigenvalue weighted by Gasteiger charge is 2.23. The molecule has 0 bridgehead atoms. The number of hydrogen-bond acceptors (Lipinski definition) is 4. The Kier molecular flexibility index (Phi) is 5.47. The third kappa shape index (κ3) is 4.12. The molecule has 27 heavy (non-hydrogen) atoms. The van der Waals surface area contributed by atoms with Crippen LogP contribution >= 0.6 is 0 Å². The molecule has 0 unspecified atom stereocenters. The molecule has 1 aromatic heterocycles. The lowest BCUT2D eigenvalue weighted by atomic mass is 10.1. The zero-order valence-corrected chi connectivity index (χ0v) is 14.7. The summed E-state index contributed by atoms with van der Waals surface area (Å²) in [5, 5.41) is 9.41. The second kappa shape index (κ2) is 8.14. The van der Waals surface area contributed by atoms with Crippen molar-refractivity contribution in [2.24, 2.45) is 0 Å². The first-order chi connectivity index (χ1) is 13.1. The molecule has 0 aliphatic heterocycles. The van der Waals surface area contributed by atoms with E-state index in [4.69, 9.17) is 4.74 Å². The van der Waals surface area contributed by atoms with E-state index >= 15 is 0 Å². The number of anilines is 1. The third-order valence-corrected chi connectivity index (χ3v) is 4.06. The van der Waals surface area contributed by atoms with E-state index in [0.29, 0.717) is 11.6 Å². The minimum Gasteiger partial charge on any atom is -0.497 e. The van der Waals surface area contributed by atoms with Gasteiger partial charge in [-0.25, -0.2) is 9.78 Å². The van der Waals surface area contributed by atoms with Gasteiger partial charge in [0, 0.05) is 6.20 Å². The standard InChI is InChI=1S/C21H18N2O4/c1-27-16-11-9-15(10-12-16)14-23(19-8-4-5-13-22-19)20(24)17-6-2-3-7-18(17)21(25)26/h2-13H,14H2,1H3,(H,25,26). The number of methoxy groups -OCH3 is 1. The molecule has 0 spiro atoms. The normalized spacial score (nSPS) is 10.3. The Morgan fingerprint density at radius 1 is 0.963 bits per heavy atom. The fourth-order valence-corrected chi connectivity index (χ4v) is 2.69. The summed E-state index contributed by atoms with van der Waals surface area (Å²) in [5.41, 5.74) is 0.935. The van der Waals surface area contributed by atoms with Gasteiger partial charge in [0.05, 0.1) is 24.8 Å². The number of carboxylic acids is 1. The van der Waals surface area contributed by atoms with E-state index in [9.17, 15) is 14.7 Å². The number of nitrogens with zero attached hydrogens (tertiary/aromatic N) is 2. The highest BCUT2D eigenvalue weighted by atomic mass is 16.5. The van der Waals surface area contributed by atoms with E-state index in [2.05, 4.69) is 4.98 Å². The van der Waals surface area contributed by atoms with Gasteiger partial charge in [-0.05, 0) is 42.0 Å². The Morgan fingerprint density at radius 3 is 2.22 bits per heavy atom. The molecule has 3 rings (SSSR count). The summed E-state index contributed by atoms with van der Waals surface area (Å²) >= 11 is 0. The number of ether oxygens (including phenoxy) is 1. The fourth-order valence-electron chi connectivity index (χ4n) is 2.69. The number of carboxylic acid groups (broad SMARTS) is 1. The van der Waals surface area contributed by atoms with Gasteiger partial charge in [0.25, 0.3) is 5.91 Å². The Labute approximate surface area is 156 Å². The SMILES string of the molecule is COc1ccc(CN(C(=O)c2ccccc2C(=O)O)c2ccccn2)cc1. The molecule has 6 nitrogen and oxygen atoms in total. The maximum Gasteiger partial charge on any atom is 0.336 e. The van der Waals surface area contributed by atoms with Crippen LogP contribution in [-0.4, -0.2) is 29.1 Å². The molecule has 0 aliphatic rings. The number of hydrogen-bond donors (Lipinski definition) is 1. The van der Waals surface area contributed by atoms with Crippen LogP contribution in [0, 0.1) is 0 Å². The van der Waals surface area contributed by atoms with E-state index in [1.54, 1.807) is 43.6 Å². The molecule has 6 heteroatoms. The minimum atomic E-state index is -1.15. The van der Waals surface area contributed by atoms with Crippen LogP contribution in [0.2, 0.25) is 0 Å². The van der Waals surface area contributed by atoms with Crippen molar-refractivity contribution in [2.75, 3.05) is 12.0 Å². The summed E-state index contributed by atoms with van der Waals surface area (Å²) in [4.78, 5) is 30.4. The number of carbonyl (C=O) groups excluding carboxylic acids is 1. The molecule has 0 fully saturated rings. The lowest BCUT2D eigenvalue weighted by Gasteiger charge is -2.23. The molecule has 2 aromatic carbocycles. The molecule has 3 aromatic rings. The number of rotatable bonds is 6. The number of pyridine rings is 1. The summed E-state index contributed by atoms with van der Waals surface area (Å²) in [7, 11) is 1.58. The molecule has 0 aliphatic carbocycles. The summed E-state index contributed by atoms with van der Waals surface area (Å²) in [5.74, 6) is -0.420. The zero-order chi connectivity index (χ0) is 19.2. The van der Waals surface area contributed by atoms with Crippen LogP contribution in [0.1, 0.15) is 26.3 Å². The lowest BCUT2D eigenvalue weighted by molar-refractivity contribution is 0.0692. The first-order valence-corrected chi connectivity index (χ1v) is 8.28. The molecule has 0 radical (unpaired) electrons. The van der Waals surface area contributed by atoms with E-state index < -0.39 is 11.9 Å². The first-order valence-electron chi connectivity index (χ1n) is 8.28. The van der Waals surface area contributed by atoms with Gasteiger partial charge in [-0.15, -0.1) is 0 Å². The highest BCUT2D eigenvalue weighted by Crippen LogP contribution is 2.21. The van der Waals surface area contributed by atoms with Crippen LogP contribution in [0.4, 0.5) is 5.82 Å². The Hall–Kier alpha value is -3.67. The van der Waals surface area contributed by atoms with Crippen molar-refractivity contribution in [3.05, 3.63) is 89.6 Å². The van der Waals surface area contributed by atoms with Gasteiger partial charge in [-0.3, -0.25) is 9.69 Å². The van der Waals surface area contributed by atoms with Crippen molar-refractivity contribution in [1.29, 1.82) is 0 Å². The molecule has 0 saturated carbocycles. The van der Waals surface area contributed by atoms with Gasteiger partial charge in [-0.1, -0.05) is 30.3 Å². The van der Waals surface area contributed by atoms with Crippen molar-refractivity contribution in [3.63, 3.8) is 0 Å². The molecule has 136 valence electrons. The summed E-state index contributed by atoms with van der Waals surface area (Å²) in [6, 6.07) is 18.7. The van der Waals surface area contributed by atoms with E-state index in [0.717, 1.165) is 5.56 Å². The quantitative estimate of drug-likeness (QED) is 0.724. The average Bonchev–Trinajstić information content (AvgIpc) is 2.72. The Morgan fingerprint density at radius 2 is 1.63 bits per heavy atom. The van der Waals surface area contributed by atoms with Gasteiger partial charge in [-0.2, -0.15) is 0 Å². The maximum atomic E-state index is 13.2. The molecular weight excluding hydrogens is 344 g/mol. The van der Waals surface area contributed by atoms with Crippen LogP contribution in [0.25, 0.3) is 0 Å². The van der Waals surface area contributed by atoms with Crippen LogP contribution in [-0.2, 0) is 6.54 Å². The van der Waals surface area contributed by atoms with Crippen molar-refractivity contribution >= 4 is 17.7 Å². The molecule has 1 heterocycles. The first kappa shape index (κ1) is 18.1. The van der Waals surface area contributed by atoms with Crippen molar-refractivity contribution in [1.82, 2.24) is 4.98 Å². The largest absolute Gasteiger partial charge is 0.497 e. The summed E-state index contributed by atoms with van der Waals surface area (Å²) < 4.78 is 5.16. The Balaban J connectivity index is 2.00. The highest BCUT2D eigenvalue weighted by molar-refractivity contribution is 6.11. The predicted octanol–water partition coefficient (Wildman–Crippen LogP) is 3.64. The predicted molar refractivity (Wildman–Crippen MR) is 101 cm³/mol. The van der Waals surface area contributed by atoms with Gasteiger partial charge in [0.1, 0.15) is 11.6 Å². The number of aromatic nitrogens is 1. The van der Waals surface area contributed by atoms with E-state index in [1.807, 2.05) is 24.3 Å². The number of amides is 1. The molecule has 0 saturated heterocycles. The molecule has 1 N–H and O–H groups in total. The van der Waals surface area contributed by atoms with Crippen molar-refractivity contribution < 1.29 is 19.4 Å². The Bertz CT molecular complexity index is 940. The maximum absolute atomic E-state index is 13.2. The second-order valence-corrected chi connectivity index (χ2v) is 5.78. The van der Waals surface area contributed by atoms with Gasteiger partial charge in [0.2, 0.25) is 0 Å². The topological polar surface area (TPSA) is 79.7 Å². The van der Waals surface area contributed by atoms with Crippen LogP contribution in [0.3, 0.4) is 0 Å². The smallest absolute Gasteiger partial charge is 0.336 e. The van der Waals surface area contributed by atoms with E-state index in [-0.39, 0.29) is 17.7 Å². The average molecular weight is 362 g/mol. The summed E-state index contributed by atoms with van der Waals surface area (Å²) in [6.45, 7) is 0.244. The molecule has 1 amide bonds. The van der Waals surface area contributed by atoms with Crippen molar-refractivity contribution in [3.8, 4) is 5.75 Å². The fraction of sp³-hybridized carbons (Fsp3) is 0.0952. The molecular formula is C21H18N2O4. The van der Waals surface area contributed by atoms with Crippen LogP contribution < -0.4 is 9.64 Å². The number of benzene rings is 2. The number of carbonyl (C=O) groups is 2. The van der Waals surface area contributed by atoms with Crippen LogP contribution in [0.15, 0.2) is 72.9 Å². The van der Waals surface area contributed by atoms with Gasteiger partial charge in [0.15, 0.2) is 0 Å². The van der Waals surface area contributed by atoms with Gasteiger partial charge < -0.3 is 9.84 Å². The second-order valence-electron chi connectivity index (χ2n) is 5.78. The zero-order valence-electron chi connectivity index (χ0n) is 14.7. The van der Waals surface area contributed by atoms with E-state index in [1.165, 1.54) is 17.0 Å². The van der Waals surface area contributed by atoms with Crippen molar-refractivity contribution in [2.45, 2.75) is 6.54 Å². The van der Waals surface area contributed by atoms with Gasteiger partial charge >= 0.3 is 5.97 Å². The number of aromatic carboxylic acids is 1. The summed E-state index contributed by atoms with van der Waals surface area (Å²) in [6.07, 6.45) is 1.59. The molecule has 0 atom stereocenters. The van der Waals surface area contributed by atoms with Crippen LogP contribution in [0.5, 0.6) is 5.75 Å². The lowest BCUT2D eigenvalue weighted by Crippen LogP contribution is -2.32.